The molecule has 0 spiro atoms. The third-order valence-corrected chi connectivity index (χ3v) is 1.29. The molecule has 0 rings (SSSR count). The Bertz CT molecular complexity index is 135. The van der Waals surface area contributed by atoms with Crippen LogP contribution in [0.15, 0.2) is 0 Å². The van der Waals surface area contributed by atoms with E-state index in [1.54, 1.807) is 0 Å². The number of carbonyl (C=O) groups excluding carboxylic acids is 1. The Balaban J connectivity index is 0. The topological polar surface area (TPSA) is 52.3 Å². The average Bonchev–Trinajstić information content (AvgIpc) is 1.98. The van der Waals surface area contributed by atoms with E-state index in [-0.39, 0.29) is 25.4 Å². The highest BCUT2D eigenvalue weighted by molar-refractivity contribution is 5.85. The van der Waals surface area contributed by atoms with E-state index in [2.05, 4.69) is 4.74 Å². The number of nitrogens with two attached hydrogens (primary N) is 1. The van der Waals surface area contributed by atoms with Gasteiger partial charge >= 0.3 is 5.97 Å². The Morgan fingerprint density at radius 2 is 2.08 bits per heavy atom. The van der Waals surface area contributed by atoms with Crippen LogP contribution in [0.2, 0.25) is 0 Å². The Hall–Kier alpha value is -0.420. The molecule has 0 aromatic rings. The molecule has 1 unspecified atom stereocenters. The van der Waals surface area contributed by atoms with Crippen LogP contribution in [0.25, 0.3) is 0 Å². The van der Waals surface area contributed by atoms with Crippen molar-refractivity contribution in [2.75, 3.05) is 13.7 Å². The predicted octanol–water partition coefficient (Wildman–Crippen LogP) is 0.811. The molecule has 0 bridgehead atoms. The molecule has 0 saturated heterocycles. The molecule has 0 aliphatic heterocycles. The number of methoxy groups -OCH3 is 1. The highest BCUT2D eigenvalue weighted by atomic mass is 35.5. The minimum atomic E-state index is -2.69. The standard InChI is InChI=1S/C6H11F2NO2.ClH/c1-11-6(10)4(2-3-9)5(7)8;/h4-5H,2-3,9H2,1H3;1H. The molecular weight excluding hydrogens is 192 g/mol. The summed E-state index contributed by atoms with van der Waals surface area (Å²) in [5.74, 6) is -2.27. The zero-order valence-electron chi connectivity index (χ0n) is 6.63. The van der Waals surface area contributed by atoms with Gasteiger partial charge in [-0.05, 0) is 13.0 Å². The Labute approximate surface area is 75.7 Å². The summed E-state index contributed by atoms with van der Waals surface area (Å²) in [6.07, 6.45) is -2.73. The number of carbonyl (C=O) groups is 1. The minimum absolute atomic E-state index is 0. The molecular formula is C6H12ClF2NO2. The fourth-order valence-electron chi connectivity index (χ4n) is 0.678. The van der Waals surface area contributed by atoms with Crippen LogP contribution >= 0.6 is 12.4 Å². The van der Waals surface area contributed by atoms with Crippen molar-refractivity contribution in [1.29, 1.82) is 0 Å². The number of hydrogen-bond acceptors (Lipinski definition) is 3. The molecule has 1 atom stereocenters. The van der Waals surface area contributed by atoms with Gasteiger partial charge in [0.1, 0.15) is 5.92 Å². The number of rotatable bonds is 4. The van der Waals surface area contributed by atoms with Gasteiger partial charge in [-0.15, -0.1) is 12.4 Å². The number of alkyl halides is 2. The van der Waals surface area contributed by atoms with Crippen LogP contribution in [-0.2, 0) is 9.53 Å². The first-order valence-electron chi connectivity index (χ1n) is 3.19. The van der Waals surface area contributed by atoms with Gasteiger partial charge in [-0.1, -0.05) is 0 Å². The van der Waals surface area contributed by atoms with E-state index in [0.29, 0.717) is 0 Å². The van der Waals surface area contributed by atoms with Crippen LogP contribution in [0.4, 0.5) is 8.78 Å². The molecule has 0 aromatic heterocycles. The lowest BCUT2D eigenvalue weighted by molar-refractivity contribution is -0.151. The number of esters is 1. The van der Waals surface area contributed by atoms with E-state index >= 15 is 0 Å². The van der Waals surface area contributed by atoms with Crippen LogP contribution in [0.1, 0.15) is 6.42 Å². The summed E-state index contributed by atoms with van der Waals surface area (Å²) in [7, 11) is 1.08. The van der Waals surface area contributed by atoms with Crippen molar-refractivity contribution in [3.63, 3.8) is 0 Å². The van der Waals surface area contributed by atoms with Crippen molar-refractivity contribution < 1.29 is 18.3 Å². The molecule has 0 saturated carbocycles. The van der Waals surface area contributed by atoms with E-state index in [1.807, 2.05) is 0 Å². The zero-order valence-corrected chi connectivity index (χ0v) is 7.44. The van der Waals surface area contributed by atoms with Gasteiger partial charge in [-0.25, -0.2) is 8.78 Å². The van der Waals surface area contributed by atoms with Crippen molar-refractivity contribution in [3.8, 4) is 0 Å². The van der Waals surface area contributed by atoms with E-state index in [9.17, 15) is 13.6 Å². The molecule has 0 aliphatic rings. The molecule has 3 nitrogen and oxygen atoms in total. The van der Waals surface area contributed by atoms with E-state index in [1.165, 1.54) is 0 Å². The molecule has 0 fully saturated rings. The van der Waals surface area contributed by atoms with Gasteiger partial charge in [0, 0.05) is 0 Å². The van der Waals surface area contributed by atoms with Gasteiger partial charge in [0.25, 0.3) is 6.43 Å². The lowest BCUT2D eigenvalue weighted by atomic mass is 10.1. The molecule has 74 valence electrons. The van der Waals surface area contributed by atoms with Crippen molar-refractivity contribution in [2.24, 2.45) is 11.7 Å². The average molecular weight is 204 g/mol. The maximum Gasteiger partial charge on any atom is 0.314 e. The lowest BCUT2D eigenvalue weighted by Gasteiger charge is -2.11. The first kappa shape index (κ1) is 14.1. The van der Waals surface area contributed by atoms with Crippen molar-refractivity contribution in [1.82, 2.24) is 0 Å². The van der Waals surface area contributed by atoms with Gasteiger partial charge in [0.2, 0.25) is 0 Å². The Morgan fingerprint density at radius 1 is 1.58 bits per heavy atom. The predicted molar refractivity (Wildman–Crippen MR) is 42.4 cm³/mol. The minimum Gasteiger partial charge on any atom is -0.469 e. The lowest BCUT2D eigenvalue weighted by Crippen LogP contribution is -2.26. The zero-order chi connectivity index (χ0) is 8.85. The summed E-state index contributed by atoms with van der Waals surface area (Å²) in [6, 6.07) is 0. The van der Waals surface area contributed by atoms with E-state index in [0.717, 1.165) is 7.11 Å². The van der Waals surface area contributed by atoms with Crippen LogP contribution in [0.5, 0.6) is 0 Å². The first-order valence-corrected chi connectivity index (χ1v) is 3.19. The van der Waals surface area contributed by atoms with Crippen molar-refractivity contribution in [2.45, 2.75) is 12.8 Å². The highest BCUT2D eigenvalue weighted by Crippen LogP contribution is 2.14. The first-order chi connectivity index (χ1) is 5.13. The monoisotopic (exact) mass is 203 g/mol. The van der Waals surface area contributed by atoms with Crippen LogP contribution in [0.3, 0.4) is 0 Å². The summed E-state index contributed by atoms with van der Waals surface area (Å²) in [5, 5.41) is 0. The Kier molecular flexibility index (Phi) is 8.52. The van der Waals surface area contributed by atoms with Gasteiger partial charge < -0.3 is 10.5 Å². The van der Waals surface area contributed by atoms with Gasteiger partial charge in [-0.2, -0.15) is 0 Å². The number of ether oxygens (including phenoxy) is 1. The summed E-state index contributed by atoms with van der Waals surface area (Å²) in [5.41, 5.74) is 5.02. The second-order valence-electron chi connectivity index (χ2n) is 2.04. The van der Waals surface area contributed by atoms with Crippen LogP contribution < -0.4 is 5.73 Å². The number of halogens is 3. The maximum absolute atomic E-state index is 12.0. The third-order valence-electron chi connectivity index (χ3n) is 1.29. The molecule has 0 amide bonds. The normalized spacial score (nSPS) is 12.1. The third kappa shape index (κ3) is 4.46. The van der Waals surface area contributed by atoms with Crippen molar-refractivity contribution in [3.05, 3.63) is 0 Å². The fourth-order valence-corrected chi connectivity index (χ4v) is 0.678. The quantitative estimate of drug-likeness (QED) is 0.688. The Morgan fingerprint density at radius 3 is 2.33 bits per heavy atom. The summed E-state index contributed by atoms with van der Waals surface area (Å²) in [4.78, 5) is 10.6. The molecule has 0 aromatic carbocycles. The van der Waals surface area contributed by atoms with Gasteiger partial charge in [0.15, 0.2) is 0 Å². The fraction of sp³-hybridized carbons (Fsp3) is 0.833. The largest absolute Gasteiger partial charge is 0.469 e. The van der Waals surface area contributed by atoms with Gasteiger partial charge in [-0.3, -0.25) is 4.79 Å². The second-order valence-corrected chi connectivity index (χ2v) is 2.04. The summed E-state index contributed by atoms with van der Waals surface area (Å²) < 4.78 is 28.1. The van der Waals surface area contributed by atoms with Gasteiger partial charge in [0.05, 0.1) is 7.11 Å². The van der Waals surface area contributed by atoms with E-state index in [4.69, 9.17) is 5.73 Å². The number of hydrogen-bond donors (Lipinski definition) is 1. The molecule has 2 N–H and O–H groups in total. The second kappa shape index (κ2) is 7.24. The van der Waals surface area contributed by atoms with Crippen LogP contribution in [0, 0.1) is 5.92 Å². The molecule has 6 heteroatoms. The van der Waals surface area contributed by atoms with E-state index < -0.39 is 18.3 Å². The molecule has 12 heavy (non-hydrogen) atoms. The maximum atomic E-state index is 12.0. The molecule has 0 radical (unpaired) electrons. The van der Waals surface area contributed by atoms with Crippen molar-refractivity contribution >= 4 is 18.4 Å². The molecule has 0 heterocycles. The summed E-state index contributed by atoms with van der Waals surface area (Å²) in [6.45, 7) is 0.0596. The highest BCUT2D eigenvalue weighted by Gasteiger charge is 2.27. The smallest absolute Gasteiger partial charge is 0.314 e. The molecule has 0 aliphatic carbocycles. The SMILES string of the molecule is COC(=O)C(CCN)C(F)F.Cl. The summed E-state index contributed by atoms with van der Waals surface area (Å²) >= 11 is 0. The van der Waals surface area contributed by atoms with Crippen LogP contribution in [-0.4, -0.2) is 26.0 Å².